The maximum absolute atomic E-state index is 13.8. The Hall–Kier alpha value is -3.79. The Morgan fingerprint density at radius 1 is 0.956 bits per heavy atom. The molecule has 2 aliphatic rings. The number of amides is 4. The zero-order valence-corrected chi connectivity index (χ0v) is 26.8. The molecule has 1 unspecified atom stereocenters. The smallest absolute Gasteiger partial charge is 0.409 e. The van der Waals surface area contributed by atoms with Gasteiger partial charge in [0, 0.05) is 45.2 Å². The highest BCUT2D eigenvalue weighted by Gasteiger charge is 2.32. The first-order chi connectivity index (χ1) is 21.9. The van der Waals surface area contributed by atoms with E-state index in [0.717, 1.165) is 43.2 Å². The number of carbonyl (C=O) groups is 3. The fourth-order valence-electron chi connectivity index (χ4n) is 6.50. The van der Waals surface area contributed by atoms with Crippen LogP contribution >= 0.6 is 0 Å². The molecule has 10 nitrogen and oxygen atoms in total. The van der Waals surface area contributed by atoms with Crippen molar-refractivity contribution in [2.45, 2.75) is 70.1 Å². The number of rotatable bonds is 13. The van der Waals surface area contributed by atoms with Gasteiger partial charge in [0.15, 0.2) is 0 Å². The minimum absolute atomic E-state index is 0.0949. The highest BCUT2D eigenvalue weighted by atomic mass is 16.6. The molecule has 1 saturated carbocycles. The first kappa shape index (κ1) is 34.1. The van der Waals surface area contributed by atoms with Crippen molar-refractivity contribution in [2.75, 3.05) is 46.9 Å². The SMILES string of the molecule is COC(=O)NCCOC(c1ccccc1)[C@@H]1CCCN(C(=O)N[C@@H](CC2CCCCC2)CN(C)C(=O)OCc2ccccc2)C1. The van der Waals surface area contributed by atoms with Gasteiger partial charge in [-0.1, -0.05) is 92.8 Å². The van der Waals surface area contributed by atoms with E-state index in [-0.39, 0.29) is 30.7 Å². The van der Waals surface area contributed by atoms with Gasteiger partial charge in [-0.2, -0.15) is 0 Å². The number of nitrogens with zero attached hydrogens (tertiary/aromatic N) is 2. The number of carbonyl (C=O) groups excluding carboxylic acids is 3. The van der Waals surface area contributed by atoms with Gasteiger partial charge in [-0.05, 0) is 36.3 Å². The summed E-state index contributed by atoms with van der Waals surface area (Å²) in [5, 5.41) is 5.97. The molecule has 2 N–H and O–H groups in total. The molecular formula is C35H50N4O6. The molecule has 0 bridgehead atoms. The summed E-state index contributed by atoms with van der Waals surface area (Å²) in [6.45, 7) is 2.47. The monoisotopic (exact) mass is 622 g/mol. The molecule has 1 heterocycles. The lowest BCUT2D eigenvalue weighted by Crippen LogP contribution is -2.52. The summed E-state index contributed by atoms with van der Waals surface area (Å²) in [5.74, 6) is 0.624. The topological polar surface area (TPSA) is 109 Å². The van der Waals surface area contributed by atoms with Crippen LogP contribution in [-0.2, 0) is 20.8 Å². The van der Waals surface area contributed by atoms with E-state index in [4.69, 9.17) is 9.47 Å². The Labute approximate surface area is 267 Å². The second kappa shape index (κ2) is 18.2. The number of urea groups is 1. The first-order valence-electron chi connectivity index (χ1n) is 16.4. The molecule has 0 spiro atoms. The summed E-state index contributed by atoms with van der Waals surface area (Å²) in [7, 11) is 3.07. The highest BCUT2D eigenvalue weighted by molar-refractivity contribution is 5.75. The maximum atomic E-state index is 13.8. The summed E-state index contributed by atoms with van der Waals surface area (Å²) in [4.78, 5) is 41.6. The van der Waals surface area contributed by atoms with Crippen LogP contribution in [0.15, 0.2) is 60.7 Å². The molecule has 4 amide bonds. The van der Waals surface area contributed by atoms with Crippen LogP contribution in [-0.4, -0.2) is 81.0 Å². The molecule has 0 aromatic heterocycles. The Bertz CT molecular complexity index is 1180. The lowest BCUT2D eigenvalue weighted by atomic mass is 9.84. The third kappa shape index (κ3) is 11.3. The molecule has 4 rings (SSSR count). The molecule has 3 atom stereocenters. The van der Waals surface area contributed by atoms with Crippen LogP contribution < -0.4 is 10.6 Å². The summed E-state index contributed by atoms with van der Waals surface area (Å²) >= 11 is 0. The van der Waals surface area contributed by atoms with Crippen LogP contribution in [0.25, 0.3) is 0 Å². The number of ether oxygens (including phenoxy) is 3. The van der Waals surface area contributed by atoms with E-state index < -0.39 is 12.2 Å². The second-order valence-electron chi connectivity index (χ2n) is 12.3. The highest BCUT2D eigenvalue weighted by Crippen LogP contribution is 2.33. The van der Waals surface area contributed by atoms with E-state index >= 15 is 0 Å². The number of hydrogen-bond donors (Lipinski definition) is 2. The molecule has 2 fully saturated rings. The van der Waals surface area contributed by atoms with Crippen molar-refractivity contribution in [3.8, 4) is 0 Å². The molecule has 1 saturated heterocycles. The van der Waals surface area contributed by atoms with Crippen molar-refractivity contribution < 1.29 is 28.6 Å². The Morgan fingerprint density at radius 3 is 2.38 bits per heavy atom. The lowest BCUT2D eigenvalue weighted by Gasteiger charge is -2.38. The summed E-state index contributed by atoms with van der Waals surface area (Å²) in [6, 6.07) is 19.4. The number of alkyl carbamates (subject to hydrolysis) is 1. The zero-order chi connectivity index (χ0) is 31.9. The van der Waals surface area contributed by atoms with E-state index in [0.29, 0.717) is 38.7 Å². The minimum atomic E-state index is -0.492. The third-order valence-electron chi connectivity index (χ3n) is 8.84. The van der Waals surface area contributed by atoms with Gasteiger partial charge in [-0.25, -0.2) is 14.4 Å². The van der Waals surface area contributed by atoms with Crippen LogP contribution in [0.3, 0.4) is 0 Å². The van der Waals surface area contributed by atoms with Gasteiger partial charge < -0.3 is 34.6 Å². The van der Waals surface area contributed by atoms with Crippen molar-refractivity contribution in [3.63, 3.8) is 0 Å². The number of hydrogen-bond acceptors (Lipinski definition) is 6. The van der Waals surface area contributed by atoms with Crippen LogP contribution in [0.2, 0.25) is 0 Å². The fraction of sp³-hybridized carbons (Fsp3) is 0.571. The molecule has 1 aliphatic carbocycles. The number of likely N-dealkylation sites (tertiary alicyclic amines) is 1. The number of nitrogens with one attached hydrogen (secondary N) is 2. The molecule has 1 aliphatic heterocycles. The molecule has 2 aromatic rings. The van der Waals surface area contributed by atoms with Gasteiger partial charge in [-0.15, -0.1) is 0 Å². The predicted molar refractivity (Wildman–Crippen MR) is 173 cm³/mol. The minimum Gasteiger partial charge on any atom is -0.453 e. The van der Waals surface area contributed by atoms with Crippen molar-refractivity contribution in [3.05, 3.63) is 71.8 Å². The standard InChI is InChI=1S/C35H50N4O6/c1-38(35(42)45-26-28-15-8-4-9-16-28)25-31(23-27-13-6-3-7-14-27)37-33(40)39-21-12-19-30(24-39)32(29-17-10-5-11-18-29)44-22-20-36-34(41)43-2/h4-5,8-11,15-18,27,30-32H,3,6-7,12-14,19-26H2,1-2H3,(H,36,41)(H,37,40)/t30-,31+,32?/m1/s1. The summed E-state index contributed by atoms with van der Waals surface area (Å²) in [5.41, 5.74) is 1.98. The van der Waals surface area contributed by atoms with Crippen molar-refractivity contribution in [1.29, 1.82) is 0 Å². The molecule has 2 aromatic carbocycles. The van der Waals surface area contributed by atoms with E-state index in [2.05, 4.69) is 15.4 Å². The number of benzene rings is 2. The summed E-state index contributed by atoms with van der Waals surface area (Å²) in [6.07, 6.45) is 7.51. The third-order valence-corrected chi connectivity index (χ3v) is 8.84. The Balaban J connectivity index is 1.37. The number of likely N-dealkylation sites (N-methyl/N-ethyl adjacent to an activating group) is 1. The average molecular weight is 623 g/mol. The van der Waals surface area contributed by atoms with E-state index in [1.165, 1.54) is 26.4 Å². The van der Waals surface area contributed by atoms with Crippen molar-refractivity contribution in [1.82, 2.24) is 20.4 Å². The first-order valence-corrected chi connectivity index (χ1v) is 16.4. The van der Waals surface area contributed by atoms with E-state index in [9.17, 15) is 14.4 Å². The van der Waals surface area contributed by atoms with Crippen LogP contribution in [0.5, 0.6) is 0 Å². The average Bonchev–Trinajstić information content (AvgIpc) is 3.08. The van der Waals surface area contributed by atoms with E-state index in [1.807, 2.05) is 65.6 Å². The van der Waals surface area contributed by atoms with Crippen molar-refractivity contribution >= 4 is 18.2 Å². The molecule has 246 valence electrons. The number of methoxy groups -OCH3 is 1. The van der Waals surface area contributed by atoms with Crippen molar-refractivity contribution in [2.24, 2.45) is 11.8 Å². The maximum Gasteiger partial charge on any atom is 0.409 e. The van der Waals surface area contributed by atoms with Crippen LogP contribution in [0.1, 0.15) is 68.6 Å². The fourth-order valence-corrected chi connectivity index (χ4v) is 6.50. The van der Waals surface area contributed by atoms with Crippen LogP contribution in [0.4, 0.5) is 14.4 Å². The van der Waals surface area contributed by atoms with Gasteiger partial charge in [0.1, 0.15) is 6.61 Å². The van der Waals surface area contributed by atoms with Crippen LogP contribution in [0, 0.1) is 11.8 Å². The molecule has 45 heavy (non-hydrogen) atoms. The van der Waals surface area contributed by atoms with E-state index in [1.54, 1.807) is 11.9 Å². The second-order valence-corrected chi connectivity index (χ2v) is 12.3. The molecule has 0 radical (unpaired) electrons. The lowest BCUT2D eigenvalue weighted by molar-refractivity contribution is -0.00871. The van der Waals surface area contributed by atoms with Gasteiger partial charge in [0.25, 0.3) is 0 Å². The Morgan fingerprint density at radius 2 is 1.67 bits per heavy atom. The largest absolute Gasteiger partial charge is 0.453 e. The summed E-state index contributed by atoms with van der Waals surface area (Å²) < 4.78 is 16.5. The predicted octanol–water partition coefficient (Wildman–Crippen LogP) is 6.13. The zero-order valence-electron chi connectivity index (χ0n) is 26.8. The quantitative estimate of drug-likeness (QED) is 0.260. The van der Waals surface area contributed by atoms with Gasteiger partial charge in [0.05, 0.1) is 19.8 Å². The molecule has 10 heteroatoms. The normalized spacial score (nSPS) is 18.4. The Kier molecular flexibility index (Phi) is 13.8. The van der Waals surface area contributed by atoms with Gasteiger partial charge >= 0.3 is 18.2 Å². The number of piperidine rings is 1. The molecular weight excluding hydrogens is 572 g/mol. The van der Waals surface area contributed by atoms with Gasteiger partial charge in [0.2, 0.25) is 0 Å². The van der Waals surface area contributed by atoms with Gasteiger partial charge in [-0.3, -0.25) is 0 Å².